The summed E-state index contributed by atoms with van der Waals surface area (Å²) in [5.74, 6) is 0.674. The highest BCUT2D eigenvalue weighted by molar-refractivity contribution is 5.42. The van der Waals surface area contributed by atoms with Gasteiger partial charge in [-0.2, -0.15) is 0 Å². The van der Waals surface area contributed by atoms with Gasteiger partial charge in [-0.05, 0) is 6.92 Å². The third-order valence-electron chi connectivity index (χ3n) is 3.49. The number of ether oxygens (including phenoxy) is 2. The van der Waals surface area contributed by atoms with Gasteiger partial charge < -0.3 is 14.4 Å². The molecule has 1 spiro atoms. The first kappa shape index (κ1) is 10.9. The van der Waals surface area contributed by atoms with Crippen LogP contribution in [0, 0.1) is 6.92 Å². The van der Waals surface area contributed by atoms with E-state index in [0.29, 0.717) is 0 Å². The Kier molecular flexibility index (Phi) is 2.72. The van der Waals surface area contributed by atoms with Crippen molar-refractivity contribution in [3.05, 3.63) is 18.1 Å². The Morgan fingerprint density at radius 3 is 2.41 bits per heavy atom. The van der Waals surface area contributed by atoms with Crippen molar-refractivity contribution < 1.29 is 9.47 Å². The zero-order valence-electron chi connectivity index (χ0n) is 10.1. The molecule has 0 aromatic carbocycles. The Balaban J connectivity index is 1.71. The molecule has 2 saturated heterocycles. The summed E-state index contributed by atoms with van der Waals surface area (Å²) >= 11 is 0. The molecule has 0 radical (unpaired) electrons. The molecule has 2 aliphatic heterocycles. The largest absolute Gasteiger partial charge is 0.355 e. The second-order valence-electron chi connectivity index (χ2n) is 4.56. The van der Waals surface area contributed by atoms with Gasteiger partial charge in [-0.3, -0.25) is 4.98 Å². The zero-order chi connectivity index (χ0) is 11.7. The summed E-state index contributed by atoms with van der Waals surface area (Å²) < 4.78 is 11.4. The van der Waals surface area contributed by atoms with E-state index in [1.165, 1.54) is 0 Å². The Morgan fingerprint density at radius 1 is 1.12 bits per heavy atom. The van der Waals surface area contributed by atoms with Crippen LogP contribution in [0.15, 0.2) is 12.4 Å². The summed E-state index contributed by atoms with van der Waals surface area (Å²) in [6, 6.07) is 0. The van der Waals surface area contributed by atoms with Crippen LogP contribution in [0.5, 0.6) is 0 Å². The molecule has 5 heteroatoms. The minimum atomic E-state index is -0.313. The third-order valence-corrected chi connectivity index (χ3v) is 3.49. The zero-order valence-corrected chi connectivity index (χ0v) is 10.1. The first-order valence-corrected chi connectivity index (χ1v) is 6.10. The van der Waals surface area contributed by atoms with Crippen LogP contribution in [0.3, 0.4) is 0 Å². The summed E-state index contributed by atoms with van der Waals surface area (Å²) in [6.45, 7) is 5.28. The molecule has 0 unspecified atom stereocenters. The van der Waals surface area contributed by atoms with Gasteiger partial charge >= 0.3 is 0 Å². The van der Waals surface area contributed by atoms with E-state index in [1.807, 2.05) is 6.92 Å². The molecule has 5 nitrogen and oxygen atoms in total. The van der Waals surface area contributed by atoms with Crippen LogP contribution in [-0.4, -0.2) is 42.1 Å². The van der Waals surface area contributed by atoms with E-state index >= 15 is 0 Å². The summed E-state index contributed by atoms with van der Waals surface area (Å²) in [7, 11) is 0. The maximum Gasteiger partial charge on any atom is 0.171 e. The van der Waals surface area contributed by atoms with Crippen molar-refractivity contribution in [3.63, 3.8) is 0 Å². The van der Waals surface area contributed by atoms with Gasteiger partial charge in [0.15, 0.2) is 5.79 Å². The van der Waals surface area contributed by atoms with E-state index in [2.05, 4.69) is 14.9 Å². The standard InChI is InChI=1S/C12H17N3O2/c1-10-11(14-5-4-13-10)15-6-2-12(3-7-15)16-8-9-17-12/h4-5H,2-3,6-9H2,1H3. The van der Waals surface area contributed by atoms with Gasteiger partial charge in [-0.15, -0.1) is 0 Å². The van der Waals surface area contributed by atoms with Crippen LogP contribution in [0.4, 0.5) is 5.82 Å². The Bertz CT molecular complexity index is 394. The molecule has 0 atom stereocenters. The van der Waals surface area contributed by atoms with Crippen molar-refractivity contribution in [2.45, 2.75) is 25.6 Å². The molecule has 17 heavy (non-hydrogen) atoms. The van der Waals surface area contributed by atoms with E-state index < -0.39 is 0 Å². The maximum absolute atomic E-state index is 5.71. The number of hydrogen-bond donors (Lipinski definition) is 0. The number of aromatic nitrogens is 2. The van der Waals surface area contributed by atoms with Gasteiger partial charge in [0.05, 0.1) is 18.9 Å². The smallest absolute Gasteiger partial charge is 0.171 e. The van der Waals surface area contributed by atoms with Gasteiger partial charge in [0, 0.05) is 38.3 Å². The summed E-state index contributed by atoms with van der Waals surface area (Å²) in [5.41, 5.74) is 0.983. The summed E-state index contributed by atoms with van der Waals surface area (Å²) in [6.07, 6.45) is 5.29. The highest BCUT2D eigenvalue weighted by atomic mass is 16.7. The van der Waals surface area contributed by atoms with Crippen molar-refractivity contribution in [2.75, 3.05) is 31.2 Å². The fraction of sp³-hybridized carbons (Fsp3) is 0.667. The predicted octanol–water partition coefficient (Wildman–Crippen LogP) is 1.13. The number of nitrogens with zero attached hydrogens (tertiary/aromatic N) is 3. The lowest BCUT2D eigenvalue weighted by Gasteiger charge is -2.38. The Morgan fingerprint density at radius 2 is 1.76 bits per heavy atom. The van der Waals surface area contributed by atoms with Gasteiger partial charge in [0.1, 0.15) is 5.82 Å². The van der Waals surface area contributed by atoms with E-state index in [0.717, 1.165) is 50.7 Å². The quantitative estimate of drug-likeness (QED) is 0.730. The molecule has 2 fully saturated rings. The first-order chi connectivity index (χ1) is 8.29. The van der Waals surface area contributed by atoms with Crippen molar-refractivity contribution in [1.82, 2.24) is 9.97 Å². The molecule has 0 bridgehead atoms. The van der Waals surface area contributed by atoms with Crippen LogP contribution >= 0.6 is 0 Å². The predicted molar refractivity (Wildman–Crippen MR) is 62.9 cm³/mol. The van der Waals surface area contributed by atoms with E-state index in [1.54, 1.807) is 12.4 Å². The second-order valence-corrected chi connectivity index (χ2v) is 4.56. The topological polar surface area (TPSA) is 47.5 Å². The number of piperidine rings is 1. The monoisotopic (exact) mass is 235 g/mol. The van der Waals surface area contributed by atoms with Crippen molar-refractivity contribution in [3.8, 4) is 0 Å². The van der Waals surface area contributed by atoms with Crippen LogP contribution in [0.2, 0.25) is 0 Å². The van der Waals surface area contributed by atoms with E-state index in [4.69, 9.17) is 9.47 Å². The lowest BCUT2D eigenvalue weighted by molar-refractivity contribution is -0.169. The van der Waals surface area contributed by atoms with Crippen LogP contribution in [-0.2, 0) is 9.47 Å². The molecule has 1 aromatic heterocycles. The summed E-state index contributed by atoms with van der Waals surface area (Å²) in [5, 5.41) is 0. The van der Waals surface area contributed by atoms with Crippen molar-refractivity contribution >= 4 is 5.82 Å². The first-order valence-electron chi connectivity index (χ1n) is 6.10. The maximum atomic E-state index is 5.71. The molecule has 0 saturated carbocycles. The number of hydrogen-bond acceptors (Lipinski definition) is 5. The molecule has 3 rings (SSSR count). The van der Waals surface area contributed by atoms with Gasteiger partial charge in [0.25, 0.3) is 0 Å². The third kappa shape index (κ3) is 2.00. The number of rotatable bonds is 1. The lowest BCUT2D eigenvalue weighted by atomic mass is 10.0. The van der Waals surface area contributed by atoms with Gasteiger partial charge in [-0.1, -0.05) is 0 Å². The molecule has 3 heterocycles. The van der Waals surface area contributed by atoms with E-state index in [-0.39, 0.29) is 5.79 Å². The molecular formula is C12H17N3O2. The fourth-order valence-electron chi connectivity index (χ4n) is 2.56. The number of aryl methyl sites for hydroxylation is 1. The average Bonchev–Trinajstić information content (AvgIpc) is 2.80. The molecular weight excluding hydrogens is 218 g/mol. The summed E-state index contributed by atoms with van der Waals surface area (Å²) in [4.78, 5) is 10.9. The molecule has 0 N–H and O–H groups in total. The number of anilines is 1. The Hall–Kier alpha value is -1.20. The van der Waals surface area contributed by atoms with Gasteiger partial charge in [-0.25, -0.2) is 4.98 Å². The van der Waals surface area contributed by atoms with Crippen molar-refractivity contribution in [1.29, 1.82) is 0 Å². The minimum absolute atomic E-state index is 0.313. The average molecular weight is 235 g/mol. The van der Waals surface area contributed by atoms with Crippen LogP contribution in [0.25, 0.3) is 0 Å². The SMILES string of the molecule is Cc1nccnc1N1CCC2(CC1)OCCO2. The van der Waals surface area contributed by atoms with Crippen LogP contribution in [0.1, 0.15) is 18.5 Å². The van der Waals surface area contributed by atoms with E-state index in [9.17, 15) is 0 Å². The highest BCUT2D eigenvalue weighted by Crippen LogP contribution is 2.32. The Labute approximate surface area is 101 Å². The fourth-order valence-corrected chi connectivity index (χ4v) is 2.56. The molecule has 0 amide bonds. The molecule has 1 aromatic rings. The normalized spacial score (nSPS) is 23.2. The molecule has 2 aliphatic rings. The molecule has 0 aliphatic carbocycles. The van der Waals surface area contributed by atoms with Crippen LogP contribution < -0.4 is 4.90 Å². The lowest BCUT2D eigenvalue weighted by Crippen LogP contribution is -2.45. The highest BCUT2D eigenvalue weighted by Gasteiger charge is 2.40. The molecule has 92 valence electrons. The second kappa shape index (κ2) is 4.23. The van der Waals surface area contributed by atoms with Crippen molar-refractivity contribution in [2.24, 2.45) is 0 Å². The van der Waals surface area contributed by atoms with Gasteiger partial charge in [0.2, 0.25) is 0 Å². The minimum Gasteiger partial charge on any atom is -0.355 e.